The number of rotatable bonds is 5. The summed E-state index contributed by atoms with van der Waals surface area (Å²) in [6.07, 6.45) is 1.97. The Morgan fingerprint density at radius 3 is 2.72 bits per heavy atom. The molecule has 2 aliphatic rings. The van der Waals surface area contributed by atoms with Crippen LogP contribution < -0.4 is 14.8 Å². The molecule has 1 amide bonds. The van der Waals surface area contributed by atoms with Crippen LogP contribution in [0.3, 0.4) is 0 Å². The van der Waals surface area contributed by atoms with Crippen LogP contribution in [0.2, 0.25) is 0 Å². The molecule has 1 N–H and O–H groups in total. The van der Waals surface area contributed by atoms with E-state index in [4.69, 9.17) is 9.47 Å². The summed E-state index contributed by atoms with van der Waals surface area (Å²) in [4.78, 5) is 13.0. The van der Waals surface area contributed by atoms with E-state index in [0.717, 1.165) is 5.56 Å². The minimum Gasteiger partial charge on any atom is -0.497 e. The van der Waals surface area contributed by atoms with Crippen LogP contribution in [-0.4, -0.2) is 62.8 Å². The van der Waals surface area contributed by atoms with Crippen LogP contribution >= 0.6 is 0 Å². The Hall–Kier alpha value is -1.84. The maximum atomic E-state index is 13.0. The summed E-state index contributed by atoms with van der Waals surface area (Å²) in [5, 5.41) is 3.14. The van der Waals surface area contributed by atoms with Gasteiger partial charge in [0.25, 0.3) is 10.2 Å². The van der Waals surface area contributed by atoms with Crippen molar-refractivity contribution in [3.8, 4) is 11.5 Å². The summed E-state index contributed by atoms with van der Waals surface area (Å²) < 4.78 is 38.8. The average Bonchev–Trinajstić information content (AvgIpc) is 2.66. The molecule has 2 heterocycles. The lowest BCUT2D eigenvalue weighted by molar-refractivity contribution is -0.127. The lowest BCUT2D eigenvalue weighted by Crippen LogP contribution is -2.50. The first-order valence-electron chi connectivity index (χ1n) is 9.88. The molecule has 2 aliphatic heterocycles. The van der Waals surface area contributed by atoms with Gasteiger partial charge in [0.05, 0.1) is 19.1 Å². The van der Waals surface area contributed by atoms with E-state index in [1.165, 1.54) is 22.7 Å². The van der Waals surface area contributed by atoms with Crippen molar-refractivity contribution in [3.05, 3.63) is 23.8 Å². The van der Waals surface area contributed by atoms with Gasteiger partial charge in [-0.1, -0.05) is 0 Å². The Morgan fingerprint density at radius 1 is 1.34 bits per heavy atom. The lowest BCUT2D eigenvalue weighted by atomic mass is 9.88. The zero-order valence-corrected chi connectivity index (χ0v) is 18.6. The standard InChI is InChI=1S/C20H31N3O5S/c1-20(2)12-17(16-9-8-15(27-5)11-18(16)28-20)21-19(24)14-7-6-10-23(13-14)29(25,26)22(3)4/h8-9,11,14,17H,6-7,10,12-13H2,1-5H3,(H,21,24)/t14-,17+/m1/s1. The molecule has 0 unspecified atom stereocenters. The van der Waals surface area contributed by atoms with Gasteiger partial charge in [-0.15, -0.1) is 0 Å². The van der Waals surface area contributed by atoms with Crippen molar-refractivity contribution < 1.29 is 22.7 Å². The number of ether oxygens (including phenoxy) is 2. The number of nitrogens with one attached hydrogen (secondary N) is 1. The average molecular weight is 426 g/mol. The second-order valence-electron chi connectivity index (χ2n) is 8.52. The second kappa shape index (κ2) is 8.12. The minimum atomic E-state index is -3.52. The quantitative estimate of drug-likeness (QED) is 0.779. The molecule has 8 nitrogen and oxygen atoms in total. The van der Waals surface area contributed by atoms with Gasteiger partial charge in [0.1, 0.15) is 17.1 Å². The first-order chi connectivity index (χ1) is 13.5. The molecule has 1 aromatic rings. The topological polar surface area (TPSA) is 88.2 Å². The van der Waals surface area contributed by atoms with Crippen LogP contribution in [0.15, 0.2) is 18.2 Å². The Balaban J connectivity index is 1.77. The van der Waals surface area contributed by atoms with E-state index in [-0.39, 0.29) is 24.4 Å². The third-order valence-electron chi connectivity index (χ3n) is 5.54. The summed E-state index contributed by atoms with van der Waals surface area (Å²) in [7, 11) is 1.10. The molecular formula is C20H31N3O5S. The summed E-state index contributed by atoms with van der Waals surface area (Å²) in [6.45, 7) is 4.62. The van der Waals surface area contributed by atoms with Crippen molar-refractivity contribution in [2.24, 2.45) is 5.92 Å². The predicted molar refractivity (Wildman–Crippen MR) is 110 cm³/mol. The molecule has 3 rings (SSSR count). The molecule has 9 heteroatoms. The van der Waals surface area contributed by atoms with E-state index in [9.17, 15) is 13.2 Å². The Labute approximate surface area is 173 Å². The van der Waals surface area contributed by atoms with Gasteiger partial charge in [-0.25, -0.2) is 0 Å². The van der Waals surface area contributed by atoms with Gasteiger partial charge in [-0.3, -0.25) is 4.79 Å². The lowest BCUT2D eigenvalue weighted by Gasteiger charge is -2.39. The molecule has 162 valence electrons. The fourth-order valence-electron chi connectivity index (χ4n) is 3.97. The van der Waals surface area contributed by atoms with Crippen molar-refractivity contribution in [2.45, 2.75) is 44.8 Å². The molecule has 2 atom stereocenters. The van der Waals surface area contributed by atoms with E-state index in [2.05, 4.69) is 5.32 Å². The summed E-state index contributed by atoms with van der Waals surface area (Å²) in [5.74, 6) is 0.911. The minimum absolute atomic E-state index is 0.117. The summed E-state index contributed by atoms with van der Waals surface area (Å²) >= 11 is 0. The number of fused-ring (bicyclic) bond motifs is 1. The van der Waals surface area contributed by atoms with Crippen molar-refractivity contribution in [3.63, 3.8) is 0 Å². The molecule has 0 spiro atoms. The van der Waals surface area contributed by atoms with Crippen LogP contribution in [0.4, 0.5) is 0 Å². The molecule has 0 saturated carbocycles. The number of hydrogen-bond acceptors (Lipinski definition) is 5. The van der Waals surface area contributed by atoms with E-state index < -0.39 is 15.8 Å². The molecule has 0 aromatic heterocycles. The van der Waals surface area contributed by atoms with Crippen LogP contribution in [0.25, 0.3) is 0 Å². The zero-order chi connectivity index (χ0) is 21.4. The number of carbonyl (C=O) groups excluding carboxylic acids is 1. The van der Waals surface area contributed by atoms with Crippen LogP contribution in [0.1, 0.15) is 44.7 Å². The summed E-state index contributed by atoms with van der Waals surface area (Å²) in [6, 6.07) is 5.40. The van der Waals surface area contributed by atoms with Crippen molar-refractivity contribution in [1.82, 2.24) is 13.9 Å². The molecule has 0 bridgehead atoms. The fraction of sp³-hybridized carbons (Fsp3) is 0.650. The molecule has 1 fully saturated rings. The van der Waals surface area contributed by atoms with E-state index >= 15 is 0 Å². The Kier molecular flexibility index (Phi) is 6.12. The van der Waals surface area contributed by atoms with Gasteiger partial charge in [0, 0.05) is 45.2 Å². The number of benzene rings is 1. The number of carbonyl (C=O) groups is 1. The van der Waals surface area contributed by atoms with Gasteiger partial charge in [0.2, 0.25) is 5.91 Å². The number of hydrogen-bond donors (Lipinski definition) is 1. The maximum absolute atomic E-state index is 13.0. The van der Waals surface area contributed by atoms with Crippen LogP contribution in [0.5, 0.6) is 11.5 Å². The van der Waals surface area contributed by atoms with Crippen molar-refractivity contribution in [1.29, 1.82) is 0 Å². The molecular weight excluding hydrogens is 394 g/mol. The van der Waals surface area contributed by atoms with Crippen LogP contribution in [0, 0.1) is 5.92 Å². The molecule has 1 aromatic carbocycles. The highest BCUT2D eigenvalue weighted by Gasteiger charge is 2.38. The highest BCUT2D eigenvalue weighted by Crippen LogP contribution is 2.41. The third-order valence-corrected chi connectivity index (χ3v) is 7.44. The van der Waals surface area contributed by atoms with Gasteiger partial charge in [-0.2, -0.15) is 17.0 Å². The molecule has 0 aliphatic carbocycles. The van der Waals surface area contributed by atoms with Crippen molar-refractivity contribution in [2.75, 3.05) is 34.3 Å². The van der Waals surface area contributed by atoms with Crippen molar-refractivity contribution >= 4 is 16.1 Å². The summed E-state index contributed by atoms with van der Waals surface area (Å²) in [5.41, 5.74) is 0.469. The second-order valence-corrected chi connectivity index (χ2v) is 10.7. The first-order valence-corrected chi connectivity index (χ1v) is 11.3. The fourth-order valence-corrected chi connectivity index (χ4v) is 5.16. The van der Waals surface area contributed by atoms with E-state index in [1.807, 2.05) is 32.0 Å². The monoisotopic (exact) mass is 425 g/mol. The Bertz CT molecular complexity index is 869. The van der Waals surface area contributed by atoms with E-state index in [0.29, 0.717) is 37.3 Å². The highest BCUT2D eigenvalue weighted by atomic mass is 32.2. The number of amides is 1. The van der Waals surface area contributed by atoms with Gasteiger partial charge in [-0.05, 0) is 38.8 Å². The van der Waals surface area contributed by atoms with Gasteiger partial charge in [0.15, 0.2) is 0 Å². The van der Waals surface area contributed by atoms with Crippen LogP contribution in [-0.2, 0) is 15.0 Å². The predicted octanol–water partition coefficient (Wildman–Crippen LogP) is 1.93. The first kappa shape index (κ1) is 21.9. The SMILES string of the molecule is COc1ccc2c(c1)OC(C)(C)C[C@@H]2NC(=O)[C@@H]1CCCN(S(=O)(=O)N(C)C)C1. The molecule has 0 radical (unpaired) electrons. The zero-order valence-electron chi connectivity index (χ0n) is 17.8. The van der Waals surface area contributed by atoms with Gasteiger partial charge >= 0.3 is 0 Å². The molecule has 29 heavy (non-hydrogen) atoms. The smallest absolute Gasteiger partial charge is 0.281 e. The molecule has 1 saturated heterocycles. The number of piperidine rings is 1. The van der Waals surface area contributed by atoms with Gasteiger partial charge < -0.3 is 14.8 Å². The number of methoxy groups -OCH3 is 1. The highest BCUT2D eigenvalue weighted by molar-refractivity contribution is 7.86. The largest absolute Gasteiger partial charge is 0.497 e. The normalized spacial score (nSPS) is 24.5. The maximum Gasteiger partial charge on any atom is 0.281 e. The third kappa shape index (κ3) is 4.67. The number of nitrogens with zero attached hydrogens (tertiary/aromatic N) is 2. The Morgan fingerprint density at radius 2 is 2.07 bits per heavy atom. The van der Waals surface area contributed by atoms with E-state index in [1.54, 1.807) is 7.11 Å².